The maximum atomic E-state index is 12.9. The van der Waals surface area contributed by atoms with Gasteiger partial charge in [-0.3, -0.25) is 19.6 Å². The number of carbonyl (C=O) groups excluding carboxylic acids is 1. The van der Waals surface area contributed by atoms with Crippen LogP contribution in [0.4, 0.5) is 17.1 Å². The van der Waals surface area contributed by atoms with Gasteiger partial charge in [0.1, 0.15) is 10.6 Å². The molecule has 166 valence electrons. The molecule has 0 aliphatic carbocycles. The highest BCUT2D eigenvalue weighted by Gasteiger charge is 2.22. The van der Waals surface area contributed by atoms with E-state index >= 15 is 0 Å². The van der Waals surface area contributed by atoms with E-state index in [9.17, 15) is 23.3 Å². The predicted molar refractivity (Wildman–Crippen MR) is 121 cm³/mol. The quantitative estimate of drug-likeness (QED) is 0.352. The van der Waals surface area contributed by atoms with Crippen molar-refractivity contribution >= 4 is 56.2 Å². The summed E-state index contributed by atoms with van der Waals surface area (Å²) in [6.45, 7) is 0. The lowest BCUT2D eigenvalue weighted by Gasteiger charge is -2.14. The first-order valence-corrected chi connectivity index (χ1v) is 11.1. The van der Waals surface area contributed by atoms with Crippen molar-refractivity contribution in [2.75, 3.05) is 17.1 Å². The van der Waals surface area contributed by atoms with Crippen LogP contribution in [0.1, 0.15) is 10.4 Å². The van der Waals surface area contributed by atoms with Gasteiger partial charge in [0.05, 0.1) is 22.6 Å². The smallest absolute Gasteiger partial charge is 0.270 e. The first-order valence-electron chi connectivity index (χ1n) is 8.82. The Bertz CT molecular complexity index is 1300. The zero-order valence-electron chi connectivity index (χ0n) is 16.3. The topological polar surface area (TPSA) is 128 Å². The van der Waals surface area contributed by atoms with Crippen LogP contribution >= 0.6 is 23.2 Å². The summed E-state index contributed by atoms with van der Waals surface area (Å²) >= 11 is 11.8. The molecular weight excluding hydrogens is 481 g/mol. The van der Waals surface area contributed by atoms with Crippen LogP contribution in [0.15, 0.2) is 65.6 Å². The highest BCUT2D eigenvalue weighted by molar-refractivity contribution is 7.92. The lowest BCUT2D eigenvalue weighted by atomic mass is 10.2. The molecule has 0 aliphatic rings. The predicted octanol–water partition coefficient (Wildman–Crippen LogP) is 4.96. The normalized spacial score (nSPS) is 11.0. The van der Waals surface area contributed by atoms with E-state index < -0.39 is 20.9 Å². The third kappa shape index (κ3) is 5.28. The van der Waals surface area contributed by atoms with E-state index in [0.717, 1.165) is 12.1 Å². The second kappa shape index (κ2) is 9.43. The Morgan fingerprint density at radius 3 is 2.25 bits per heavy atom. The lowest BCUT2D eigenvalue weighted by molar-refractivity contribution is -0.384. The average molecular weight is 496 g/mol. The van der Waals surface area contributed by atoms with Crippen LogP contribution in [0.25, 0.3) is 0 Å². The van der Waals surface area contributed by atoms with E-state index in [2.05, 4.69) is 10.0 Å². The number of rotatable bonds is 7. The number of nitrogens with zero attached hydrogens (tertiary/aromatic N) is 1. The van der Waals surface area contributed by atoms with E-state index in [0.29, 0.717) is 5.02 Å². The monoisotopic (exact) mass is 495 g/mol. The molecule has 0 saturated heterocycles. The molecule has 2 N–H and O–H groups in total. The van der Waals surface area contributed by atoms with Crippen LogP contribution < -0.4 is 14.8 Å². The number of hydrogen-bond donors (Lipinski definition) is 2. The molecule has 0 aromatic heterocycles. The summed E-state index contributed by atoms with van der Waals surface area (Å²) in [6, 6.07) is 13.5. The molecule has 12 heteroatoms. The van der Waals surface area contributed by atoms with Crippen LogP contribution in [0.2, 0.25) is 10.0 Å². The minimum Gasteiger partial charge on any atom is -0.495 e. The van der Waals surface area contributed by atoms with Gasteiger partial charge < -0.3 is 10.1 Å². The molecule has 3 aromatic carbocycles. The fourth-order valence-corrected chi connectivity index (χ4v) is 4.33. The summed E-state index contributed by atoms with van der Waals surface area (Å²) < 4.78 is 33.4. The number of nitrogens with one attached hydrogen (secondary N) is 2. The van der Waals surface area contributed by atoms with Crippen molar-refractivity contribution < 1.29 is 22.9 Å². The first kappa shape index (κ1) is 23.3. The lowest BCUT2D eigenvalue weighted by Crippen LogP contribution is -2.16. The van der Waals surface area contributed by atoms with Gasteiger partial charge in [-0.25, -0.2) is 8.42 Å². The summed E-state index contributed by atoms with van der Waals surface area (Å²) in [5, 5.41) is 13.7. The number of halogens is 2. The number of methoxy groups -OCH3 is 1. The van der Waals surface area contributed by atoms with Crippen molar-refractivity contribution in [3.63, 3.8) is 0 Å². The maximum absolute atomic E-state index is 12.9. The van der Waals surface area contributed by atoms with Crippen LogP contribution in [-0.4, -0.2) is 26.4 Å². The molecule has 9 nitrogen and oxygen atoms in total. The SMILES string of the molecule is COc1ccc(NC(=O)c2ccc([N+](=O)[O-])cc2Cl)cc1S(=O)(=O)Nc1ccc(Cl)cc1. The van der Waals surface area contributed by atoms with Gasteiger partial charge in [0.2, 0.25) is 0 Å². The van der Waals surface area contributed by atoms with E-state index in [1.807, 2.05) is 0 Å². The Morgan fingerprint density at radius 2 is 1.66 bits per heavy atom. The van der Waals surface area contributed by atoms with Gasteiger partial charge in [0.15, 0.2) is 0 Å². The van der Waals surface area contributed by atoms with Gasteiger partial charge in [-0.15, -0.1) is 0 Å². The van der Waals surface area contributed by atoms with Crippen molar-refractivity contribution in [3.05, 3.63) is 86.4 Å². The minimum atomic E-state index is -4.09. The number of anilines is 2. The van der Waals surface area contributed by atoms with Gasteiger partial charge >= 0.3 is 0 Å². The number of nitro groups is 1. The number of amides is 1. The Kier molecular flexibility index (Phi) is 6.87. The van der Waals surface area contributed by atoms with Gasteiger partial charge in [0, 0.05) is 28.5 Å². The van der Waals surface area contributed by atoms with E-state index in [1.54, 1.807) is 0 Å². The Morgan fingerprint density at radius 1 is 1.00 bits per heavy atom. The molecule has 0 atom stereocenters. The molecular formula is C20H15Cl2N3O6S. The van der Waals surface area contributed by atoms with Crippen LogP contribution in [0.5, 0.6) is 5.75 Å². The zero-order chi connectivity index (χ0) is 23.5. The highest BCUT2D eigenvalue weighted by atomic mass is 35.5. The number of non-ortho nitro benzene ring substituents is 1. The maximum Gasteiger partial charge on any atom is 0.270 e. The third-order valence-corrected chi connectivity index (χ3v) is 6.18. The number of benzene rings is 3. The van der Waals surface area contributed by atoms with Gasteiger partial charge in [0.25, 0.3) is 21.6 Å². The summed E-state index contributed by atoms with van der Waals surface area (Å²) in [4.78, 5) is 22.6. The molecule has 3 rings (SSSR count). The molecule has 0 saturated carbocycles. The van der Waals surface area contributed by atoms with Crippen molar-refractivity contribution in [1.29, 1.82) is 0 Å². The molecule has 0 radical (unpaired) electrons. The van der Waals surface area contributed by atoms with Crippen LogP contribution in [0.3, 0.4) is 0 Å². The molecule has 0 unspecified atom stereocenters. The Labute approximate surface area is 193 Å². The molecule has 0 bridgehead atoms. The van der Waals surface area contributed by atoms with Crippen molar-refractivity contribution in [3.8, 4) is 5.75 Å². The zero-order valence-corrected chi connectivity index (χ0v) is 18.7. The Balaban J connectivity index is 1.89. The van der Waals surface area contributed by atoms with E-state index in [4.69, 9.17) is 27.9 Å². The van der Waals surface area contributed by atoms with Crippen LogP contribution in [0, 0.1) is 10.1 Å². The second-order valence-electron chi connectivity index (χ2n) is 6.35. The molecule has 0 aliphatic heterocycles. The highest BCUT2D eigenvalue weighted by Crippen LogP contribution is 2.30. The van der Waals surface area contributed by atoms with Gasteiger partial charge in [-0.1, -0.05) is 23.2 Å². The number of carbonyl (C=O) groups is 1. The molecule has 0 fully saturated rings. The fraction of sp³-hybridized carbons (Fsp3) is 0.0500. The molecule has 0 spiro atoms. The van der Waals surface area contributed by atoms with E-state index in [-0.39, 0.29) is 38.3 Å². The average Bonchev–Trinajstić information content (AvgIpc) is 2.75. The van der Waals surface area contributed by atoms with Crippen molar-refractivity contribution in [2.45, 2.75) is 4.90 Å². The van der Waals surface area contributed by atoms with Crippen molar-refractivity contribution in [1.82, 2.24) is 0 Å². The van der Waals surface area contributed by atoms with Crippen LogP contribution in [-0.2, 0) is 10.0 Å². The molecule has 32 heavy (non-hydrogen) atoms. The molecule has 0 heterocycles. The summed E-state index contributed by atoms with van der Waals surface area (Å²) in [5.74, 6) is -0.623. The van der Waals surface area contributed by atoms with E-state index in [1.165, 1.54) is 55.6 Å². The minimum absolute atomic E-state index is 0.0169. The summed E-state index contributed by atoms with van der Waals surface area (Å²) in [5.41, 5.74) is 0.139. The standard InChI is InChI=1S/C20H15Cl2N3O6S/c1-31-18-9-6-14(23-20(26)16-8-7-15(25(27)28)11-17(16)22)10-19(18)32(29,30)24-13-4-2-12(21)3-5-13/h2-11,24H,1H3,(H,23,26). The molecule has 1 amide bonds. The van der Waals surface area contributed by atoms with Crippen molar-refractivity contribution in [2.24, 2.45) is 0 Å². The fourth-order valence-electron chi connectivity index (χ4n) is 2.69. The Hall–Kier alpha value is -3.34. The number of hydrogen-bond acceptors (Lipinski definition) is 6. The third-order valence-electron chi connectivity index (χ3n) is 4.22. The number of ether oxygens (including phenoxy) is 1. The summed E-state index contributed by atoms with van der Waals surface area (Å²) in [6.07, 6.45) is 0. The van der Waals surface area contributed by atoms with Gasteiger partial charge in [-0.2, -0.15) is 0 Å². The first-order chi connectivity index (χ1) is 15.1. The number of sulfonamides is 1. The molecule has 3 aromatic rings. The summed E-state index contributed by atoms with van der Waals surface area (Å²) in [7, 11) is -2.77. The van der Waals surface area contributed by atoms with Gasteiger partial charge in [-0.05, 0) is 48.5 Å². The second-order valence-corrected chi connectivity index (χ2v) is 8.85. The largest absolute Gasteiger partial charge is 0.495 e. The number of nitro benzene ring substituents is 1.